The van der Waals surface area contributed by atoms with Crippen molar-refractivity contribution in [3.8, 4) is 0 Å². The third-order valence-corrected chi connectivity index (χ3v) is 4.89. The lowest BCUT2D eigenvalue weighted by molar-refractivity contribution is -0.132. The van der Waals surface area contributed by atoms with Crippen LogP contribution in [-0.2, 0) is 4.79 Å². The van der Waals surface area contributed by atoms with Gasteiger partial charge in [0.2, 0.25) is 11.8 Å². The van der Waals surface area contributed by atoms with E-state index in [1.807, 2.05) is 23.1 Å². The van der Waals surface area contributed by atoms with Crippen molar-refractivity contribution in [3.63, 3.8) is 0 Å². The predicted octanol–water partition coefficient (Wildman–Crippen LogP) is 4.10. The molecule has 1 aliphatic heterocycles. The SMILES string of the molecule is O=C(CCC=Cc1ccccc1)N1CCCC1c1noc(C2CC2)n1. The van der Waals surface area contributed by atoms with Gasteiger partial charge >= 0.3 is 0 Å². The summed E-state index contributed by atoms with van der Waals surface area (Å²) in [6.07, 6.45) is 9.61. The number of allylic oxidation sites excluding steroid dienone is 1. The van der Waals surface area contributed by atoms with Gasteiger partial charge in [-0.3, -0.25) is 4.79 Å². The van der Waals surface area contributed by atoms with Crippen molar-refractivity contribution in [2.75, 3.05) is 6.54 Å². The van der Waals surface area contributed by atoms with E-state index < -0.39 is 0 Å². The maximum absolute atomic E-state index is 12.6. The highest BCUT2D eigenvalue weighted by atomic mass is 16.5. The van der Waals surface area contributed by atoms with E-state index in [1.165, 1.54) is 0 Å². The summed E-state index contributed by atoms with van der Waals surface area (Å²) < 4.78 is 5.37. The van der Waals surface area contributed by atoms with Crippen LogP contribution in [0.15, 0.2) is 40.9 Å². The van der Waals surface area contributed by atoms with Gasteiger partial charge in [0.15, 0.2) is 5.82 Å². The van der Waals surface area contributed by atoms with E-state index in [4.69, 9.17) is 4.52 Å². The number of aromatic nitrogens is 2. The minimum Gasteiger partial charge on any atom is -0.339 e. The Morgan fingerprint density at radius 3 is 2.88 bits per heavy atom. The summed E-state index contributed by atoms with van der Waals surface area (Å²) in [5.41, 5.74) is 1.16. The average Bonchev–Trinajstić information content (AvgIpc) is 3.18. The minimum atomic E-state index is -0.0122. The number of likely N-dealkylation sites (tertiary alicyclic amines) is 1. The van der Waals surface area contributed by atoms with Gasteiger partial charge in [-0.05, 0) is 37.7 Å². The first kappa shape index (κ1) is 16.1. The molecule has 1 unspecified atom stereocenters. The molecule has 1 aromatic carbocycles. The Bertz CT molecular complexity index is 749. The molecule has 1 atom stereocenters. The number of carbonyl (C=O) groups excluding carboxylic acids is 1. The molecule has 25 heavy (non-hydrogen) atoms. The van der Waals surface area contributed by atoms with E-state index in [9.17, 15) is 4.79 Å². The second-order valence-corrected chi connectivity index (χ2v) is 6.86. The molecule has 5 nitrogen and oxygen atoms in total. The van der Waals surface area contributed by atoms with Crippen molar-refractivity contribution in [1.29, 1.82) is 0 Å². The number of amides is 1. The monoisotopic (exact) mass is 337 g/mol. The standard InChI is InChI=1S/C20H23N3O2/c24-18(11-5-4-9-15-7-2-1-3-8-15)23-14-6-10-17(23)19-21-20(25-22-19)16-12-13-16/h1-4,7-9,16-17H,5-6,10-14H2. The summed E-state index contributed by atoms with van der Waals surface area (Å²) in [5.74, 6) is 2.07. The van der Waals surface area contributed by atoms with Gasteiger partial charge in [-0.25, -0.2) is 0 Å². The van der Waals surface area contributed by atoms with Crippen molar-refractivity contribution in [3.05, 3.63) is 53.7 Å². The fourth-order valence-corrected chi connectivity index (χ4v) is 3.35. The molecule has 0 bridgehead atoms. The molecule has 2 heterocycles. The highest BCUT2D eigenvalue weighted by Crippen LogP contribution is 2.40. The molecule has 1 aromatic heterocycles. The molecule has 1 saturated carbocycles. The van der Waals surface area contributed by atoms with Crippen molar-refractivity contribution in [2.24, 2.45) is 0 Å². The van der Waals surface area contributed by atoms with E-state index in [2.05, 4.69) is 34.4 Å². The normalized spacial score (nSPS) is 20.5. The lowest BCUT2D eigenvalue weighted by Crippen LogP contribution is -2.30. The molecule has 5 heteroatoms. The molecule has 1 amide bonds. The highest BCUT2D eigenvalue weighted by molar-refractivity contribution is 5.77. The molecule has 1 aliphatic carbocycles. The van der Waals surface area contributed by atoms with Crippen molar-refractivity contribution in [2.45, 2.75) is 50.5 Å². The molecule has 0 spiro atoms. The van der Waals surface area contributed by atoms with E-state index in [-0.39, 0.29) is 11.9 Å². The van der Waals surface area contributed by atoms with Gasteiger partial charge in [0.05, 0.1) is 6.04 Å². The lowest BCUT2D eigenvalue weighted by Gasteiger charge is -2.21. The van der Waals surface area contributed by atoms with Gasteiger partial charge in [-0.2, -0.15) is 4.98 Å². The molecule has 0 radical (unpaired) electrons. The van der Waals surface area contributed by atoms with Gasteiger partial charge in [0, 0.05) is 18.9 Å². The van der Waals surface area contributed by atoms with Gasteiger partial charge in [0.1, 0.15) is 0 Å². The smallest absolute Gasteiger partial charge is 0.229 e. The largest absolute Gasteiger partial charge is 0.339 e. The van der Waals surface area contributed by atoms with E-state index in [1.54, 1.807) is 0 Å². The molecule has 2 aliphatic rings. The maximum Gasteiger partial charge on any atom is 0.229 e. The summed E-state index contributed by atoms with van der Waals surface area (Å²) in [6, 6.07) is 10.1. The van der Waals surface area contributed by atoms with Crippen molar-refractivity contribution in [1.82, 2.24) is 15.0 Å². The van der Waals surface area contributed by atoms with Crippen LogP contribution >= 0.6 is 0 Å². The third kappa shape index (κ3) is 3.81. The Hall–Kier alpha value is -2.43. The summed E-state index contributed by atoms with van der Waals surface area (Å²) in [4.78, 5) is 19.1. The van der Waals surface area contributed by atoms with Crippen LogP contribution in [0.5, 0.6) is 0 Å². The number of hydrogen-bond acceptors (Lipinski definition) is 4. The Kier molecular flexibility index (Phi) is 4.63. The Morgan fingerprint density at radius 2 is 2.08 bits per heavy atom. The highest BCUT2D eigenvalue weighted by Gasteiger charge is 2.35. The van der Waals surface area contributed by atoms with Gasteiger partial charge in [-0.1, -0.05) is 47.6 Å². The number of hydrogen-bond donors (Lipinski definition) is 0. The maximum atomic E-state index is 12.6. The molecule has 0 N–H and O–H groups in total. The zero-order valence-corrected chi connectivity index (χ0v) is 14.3. The second kappa shape index (κ2) is 7.21. The topological polar surface area (TPSA) is 59.2 Å². The minimum absolute atomic E-state index is 0.0122. The zero-order valence-electron chi connectivity index (χ0n) is 14.3. The Labute approximate surface area is 147 Å². The third-order valence-electron chi connectivity index (χ3n) is 4.89. The summed E-state index contributed by atoms with van der Waals surface area (Å²) in [5, 5.41) is 4.13. The first-order chi connectivity index (χ1) is 12.3. The fraction of sp³-hybridized carbons (Fsp3) is 0.450. The molecule has 2 fully saturated rings. The Balaban J connectivity index is 1.33. The summed E-state index contributed by atoms with van der Waals surface area (Å²) in [6.45, 7) is 0.791. The molecule has 4 rings (SSSR count). The van der Waals surface area contributed by atoms with Gasteiger partial charge in [0.25, 0.3) is 0 Å². The molecule has 130 valence electrons. The number of carbonyl (C=O) groups is 1. The quantitative estimate of drug-likeness (QED) is 0.796. The molecular formula is C20H23N3O2. The van der Waals surface area contributed by atoms with E-state index in [0.29, 0.717) is 18.2 Å². The predicted molar refractivity (Wildman–Crippen MR) is 94.7 cm³/mol. The van der Waals surface area contributed by atoms with Crippen LogP contribution in [0.3, 0.4) is 0 Å². The van der Waals surface area contributed by atoms with Crippen LogP contribution in [0.1, 0.15) is 67.8 Å². The number of benzene rings is 1. The fourth-order valence-electron chi connectivity index (χ4n) is 3.35. The van der Waals surface area contributed by atoms with Crippen LogP contribution in [0, 0.1) is 0 Å². The lowest BCUT2D eigenvalue weighted by atomic mass is 10.1. The van der Waals surface area contributed by atoms with Crippen LogP contribution < -0.4 is 0 Å². The number of nitrogens with zero attached hydrogens (tertiary/aromatic N) is 3. The van der Waals surface area contributed by atoms with Gasteiger partial charge < -0.3 is 9.42 Å². The van der Waals surface area contributed by atoms with Crippen molar-refractivity contribution < 1.29 is 9.32 Å². The Morgan fingerprint density at radius 1 is 1.24 bits per heavy atom. The molecule has 1 saturated heterocycles. The zero-order chi connectivity index (χ0) is 17.1. The van der Waals surface area contributed by atoms with E-state index in [0.717, 1.165) is 50.1 Å². The van der Waals surface area contributed by atoms with Gasteiger partial charge in [-0.15, -0.1) is 0 Å². The van der Waals surface area contributed by atoms with Crippen LogP contribution in [0.25, 0.3) is 6.08 Å². The first-order valence-electron chi connectivity index (χ1n) is 9.16. The summed E-state index contributed by atoms with van der Waals surface area (Å²) >= 11 is 0. The van der Waals surface area contributed by atoms with Crippen LogP contribution in [0.2, 0.25) is 0 Å². The molecular weight excluding hydrogens is 314 g/mol. The average molecular weight is 337 g/mol. The van der Waals surface area contributed by atoms with Crippen LogP contribution in [0.4, 0.5) is 0 Å². The van der Waals surface area contributed by atoms with Crippen LogP contribution in [-0.4, -0.2) is 27.5 Å². The number of rotatable bonds is 6. The summed E-state index contributed by atoms with van der Waals surface area (Å²) in [7, 11) is 0. The first-order valence-corrected chi connectivity index (χ1v) is 9.16. The van der Waals surface area contributed by atoms with E-state index >= 15 is 0 Å². The van der Waals surface area contributed by atoms with Crippen molar-refractivity contribution >= 4 is 12.0 Å². The second-order valence-electron chi connectivity index (χ2n) is 6.86. The molecule has 2 aromatic rings.